The van der Waals surface area contributed by atoms with E-state index in [1.165, 1.54) is 11.8 Å². The highest BCUT2D eigenvalue weighted by Crippen LogP contribution is 2.15. The van der Waals surface area contributed by atoms with Crippen molar-refractivity contribution in [1.29, 1.82) is 0 Å². The van der Waals surface area contributed by atoms with Crippen LogP contribution in [-0.4, -0.2) is 15.4 Å². The van der Waals surface area contributed by atoms with Crippen LogP contribution < -0.4 is 11.4 Å². The maximum Gasteiger partial charge on any atom is 0.280 e. The van der Waals surface area contributed by atoms with Gasteiger partial charge in [-0.3, -0.25) is 4.79 Å². The van der Waals surface area contributed by atoms with E-state index >= 15 is 0 Å². The number of para-hydroxylation sites is 1. The Morgan fingerprint density at radius 3 is 3.00 bits per heavy atom. The van der Waals surface area contributed by atoms with Gasteiger partial charge in [0.15, 0.2) is 5.16 Å². The van der Waals surface area contributed by atoms with Crippen LogP contribution in [0, 0.1) is 12.3 Å². The monoisotopic (exact) mass is 231 g/mol. The quantitative estimate of drug-likeness (QED) is 0.360. The van der Waals surface area contributed by atoms with Crippen molar-refractivity contribution in [1.82, 2.24) is 9.66 Å². The molecule has 80 valence electrons. The van der Waals surface area contributed by atoms with Crippen LogP contribution in [0.2, 0.25) is 0 Å². The van der Waals surface area contributed by atoms with Gasteiger partial charge < -0.3 is 5.84 Å². The summed E-state index contributed by atoms with van der Waals surface area (Å²) in [5.74, 6) is 8.54. The molecular weight excluding hydrogens is 222 g/mol. The molecule has 1 aromatic carbocycles. The Morgan fingerprint density at radius 1 is 1.50 bits per heavy atom. The van der Waals surface area contributed by atoms with Gasteiger partial charge >= 0.3 is 0 Å². The molecule has 0 saturated heterocycles. The summed E-state index contributed by atoms with van der Waals surface area (Å²) in [4.78, 5) is 16.1. The van der Waals surface area contributed by atoms with E-state index in [2.05, 4.69) is 10.9 Å². The molecule has 0 aliphatic rings. The normalized spacial score (nSPS) is 10.2. The first-order valence-corrected chi connectivity index (χ1v) is 5.55. The van der Waals surface area contributed by atoms with Gasteiger partial charge in [0, 0.05) is 0 Å². The Balaban J connectivity index is 2.65. The molecule has 0 aliphatic carbocycles. The number of rotatable bonds is 2. The zero-order chi connectivity index (χ0) is 11.5. The first kappa shape index (κ1) is 10.6. The highest BCUT2D eigenvalue weighted by atomic mass is 32.2. The topological polar surface area (TPSA) is 60.9 Å². The lowest BCUT2D eigenvalue weighted by Crippen LogP contribution is -2.29. The Bertz CT molecular complexity index is 627. The third-order valence-electron chi connectivity index (χ3n) is 2.06. The highest BCUT2D eigenvalue weighted by molar-refractivity contribution is 7.99. The van der Waals surface area contributed by atoms with E-state index in [1.54, 1.807) is 18.2 Å². The van der Waals surface area contributed by atoms with Crippen molar-refractivity contribution < 1.29 is 0 Å². The number of hydrogen-bond donors (Lipinski definition) is 1. The minimum Gasteiger partial charge on any atom is -0.334 e. The second-order valence-electron chi connectivity index (χ2n) is 3.08. The molecule has 0 atom stereocenters. The summed E-state index contributed by atoms with van der Waals surface area (Å²) < 4.78 is 1.03. The number of nitrogens with two attached hydrogens (primary N) is 1. The molecule has 16 heavy (non-hydrogen) atoms. The molecule has 2 rings (SSSR count). The number of hydrogen-bond acceptors (Lipinski definition) is 4. The maximum atomic E-state index is 11.8. The van der Waals surface area contributed by atoms with Crippen molar-refractivity contribution in [3.8, 4) is 12.3 Å². The van der Waals surface area contributed by atoms with Crippen LogP contribution in [0.15, 0.2) is 34.2 Å². The van der Waals surface area contributed by atoms with Crippen molar-refractivity contribution in [2.24, 2.45) is 0 Å². The molecule has 0 amide bonds. The third-order valence-corrected chi connectivity index (χ3v) is 2.92. The Kier molecular flexibility index (Phi) is 2.84. The van der Waals surface area contributed by atoms with E-state index in [4.69, 9.17) is 12.3 Å². The minimum absolute atomic E-state index is 0.259. The summed E-state index contributed by atoms with van der Waals surface area (Å²) in [5, 5.41) is 0.941. The largest absolute Gasteiger partial charge is 0.334 e. The fraction of sp³-hybridized carbons (Fsp3) is 0.0909. The molecule has 0 radical (unpaired) electrons. The molecule has 4 nitrogen and oxygen atoms in total. The van der Waals surface area contributed by atoms with Gasteiger partial charge in [0.2, 0.25) is 0 Å². The van der Waals surface area contributed by atoms with Crippen molar-refractivity contribution >= 4 is 22.7 Å². The van der Waals surface area contributed by atoms with Gasteiger partial charge in [-0.1, -0.05) is 29.8 Å². The van der Waals surface area contributed by atoms with Crippen LogP contribution in [-0.2, 0) is 0 Å². The SMILES string of the molecule is C#CCSc1nc2ccccc2c(=O)n1N. The first-order chi connectivity index (χ1) is 7.74. The van der Waals surface area contributed by atoms with Gasteiger partial charge in [-0.2, -0.15) is 0 Å². The average Bonchev–Trinajstić information content (AvgIpc) is 2.32. The van der Waals surface area contributed by atoms with Gasteiger partial charge in [-0.15, -0.1) is 6.42 Å². The van der Waals surface area contributed by atoms with Crippen LogP contribution in [0.25, 0.3) is 10.9 Å². The van der Waals surface area contributed by atoms with Gasteiger partial charge in [0.25, 0.3) is 5.56 Å². The number of terminal acetylenes is 1. The predicted octanol–water partition coefficient (Wildman–Crippen LogP) is 0.836. The Morgan fingerprint density at radius 2 is 2.25 bits per heavy atom. The van der Waals surface area contributed by atoms with Gasteiger partial charge in [-0.05, 0) is 12.1 Å². The first-order valence-electron chi connectivity index (χ1n) is 4.57. The zero-order valence-electron chi connectivity index (χ0n) is 8.38. The fourth-order valence-electron chi connectivity index (χ4n) is 1.33. The molecule has 5 heteroatoms. The summed E-state index contributed by atoms with van der Waals surface area (Å²) in [7, 11) is 0. The summed E-state index contributed by atoms with van der Waals surface area (Å²) in [6, 6.07) is 7.07. The number of benzene rings is 1. The molecule has 1 aromatic heterocycles. The number of aromatic nitrogens is 2. The van der Waals surface area contributed by atoms with Crippen molar-refractivity contribution in [3.05, 3.63) is 34.6 Å². The number of nitrogen functional groups attached to an aromatic ring is 1. The molecule has 1 heterocycles. The second kappa shape index (κ2) is 4.29. The molecular formula is C11H9N3OS. The van der Waals surface area contributed by atoms with Crippen LogP contribution in [0.1, 0.15) is 0 Å². The summed E-state index contributed by atoms with van der Waals surface area (Å²) in [6.45, 7) is 0. The van der Waals surface area contributed by atoms with Gasteiger partial charge in [-0.25, -0.2) is 9.66 Å². The molecule has 0 fully saturated rings. The standard InChI is InChI=1S/C11H9N3OS/c1-2-7-16-11-13-9-6-4-3-5-8(9)10(15)14(11)12/h1,3-6H,7,12H2. The molecule has 0 unspecified atom stereocenters. The number of nitrogens with zero attached hydrogens (tertiary/aromatic N) is 2. The van der Waals surface area contributed by atoms with E-state index in [0.29, 0.717) is 21.8 Å². The Hall–Kier alpha value is -1.93. The molecule has 0 saturated carbocycles. The van der Waals surface area contributed by atoms with E-state index in [1.807, 2.05) is 6.07 Å². The number of fused-ring (bicyclic) bond motifs is 1. The highest BCUT2D eigenvalue weighted by Gasteiger charge is 2.07. The van der Waals surface area contributed by atoms with Crippen molar-refractivity contribution in [2.45, 2.75) is 5.16 Å². The smallest absolute Gasteiger partial charge is 0.280 e. The van der Waals surface area contributed by atoms with Crippen LogP contribution >= 0.6 is 11.8 Å². The van der Waals surface area contributed by atoms with E-state index in [-0.39, 0.29) is 5.56 Å². The summed E-state index contributed by atoms with van der Waals surface area (Å²) in [5.41, 5.74) is 0.374. The van der Waals surface area contributed by atoms with Crippen LogP contribution in [0.5, 0.6) is 0 Å². The summed E-state index contributed by atoms with van der Waals surface area (Å²) in [6.07, 6.45) is 5.15. The third kappa shape index (κ3) is 1.75. The lowest BCUT2D eigenvalue weighted by Gasteiger charge is -2.06. The van der Waals surface area contributed by atoms with Crippen molar-refractivity contribution in [3.63, 3.8) is 0 Å². The van der Waals surface area contributed by atoms with E-state index < -0.39 is 0 Å². The maximum absolute atomic E-state index is 11.8. The van der Waals surface area contributed by atoms with Gasteiger partial charge in [0.1, 0.15) is 0 Å². The molecule has 2 aromatic rings. The molecule has 0 spiro atoms. The molecule has 2 N–H and O–H groups in total. The second-order valence-corrected chi connectivity index (χ2v) is 4.02. The number of thioether (sulfide) groups is 1. The van der Waals surface area contributed by atoms with Crippen molar-refractivity contribution in [2.75, 3.05) is 11.6 Å². The Labute approximate surface area is 96.5 Å². The van der Waals surface area contributed by atoms with Crippen LogP contribution in [0.4, 0.5) is 0 Å². The fourth-order valence-corrected chi connectivity index (χ4v) is 1.93. The zero-order valence-corrected chi connectivity index (χ0v) is 9.20. The van der Waals surface area contributed by atoms with Crippen LogP contribution in [0.3, 0.4) is 0 Å². The lowest BCUT2D eigenvalue weighted by atomic mass is 10.2. The van der Waals surface area contributed by atoms with E-state index in [9.17, 15) is 4.79 Å². The average molecular weight is 231 g/mol. The summed E-state index contributed by atoms with van der Waals surface area (Å²) >= 11 is 1.27. The minimum atomic E-state index is -0.259. The lowest BCUT2D eigenvalue weighted by molar-refractivity contribution is 0.780. The van der Waals surface area contributed by atoms with E-state index in [0.717, 1.165) is 4.68 Å². The predicted molar refractivity (Wildman–Crippen MR) is 65.7 cm³/mol. The van der Waals surface area contributed by atoms with Gasteiger partial charge in [0.05, 0.1) is 16.7 Å². The molecule has 0 aliphatic heterocycles. The molecule has 0 bridgehead atoms.